The van der Waals surface area contributed by atoms with Crippen LogP contribution in [0.5, 0.6) is 0 Å². The topological polar surface area (TPSA) is 58.4 Å². The molecule has 1 unspecified atom stereocenters. The van der Waals surface area contributed by atoms with Crippen LogP contribution in [-0.2, 0) is 0 Å². The minimum atomic E-state index is 0.0706. The summed E-state index contributed by atoms with van der Waals surface area (Å²) in [6, 6.07) is 7.39. The molecule has 0 spiro atoms. The Morgan fingerprint density at radius 2 is 2.38 bits per heavy atom. The summed E-state index contributed by atoms with van der Waals surface area (Å²) in [7, 11) is 0. The van der Waals surface area contributed by atoms with E-state index in [0.717, 1.165) is 19.6 Å². The van der Waals surface area contributed by atoms with Gasteiger partial charge in [0.05, 0.1) is 0 Å². The molecule has 1 fully saturated rings. The first-order chi connectivity index (χ1) is 7.68. The van der Waals surface area contributed by atoms with Crippen molar-refractivity contribution in [1.29, 1.82) is 0 Å². The van der Waals surface area contributed by atoms with Gasteiger partial charge in [-0.3, -0.25) is 4.79 Å². The van der Waals surface area contributed by atoms with E-state index in [2.05, 4.69) is 12.2 Å². The van der Waals surface area contributed by atoms with E-state index in [1.165, 1.54) is 0 Å². The number of nitrogens with one attached hydrogen (secondary N) is 1. The van der Waals surface area contributed by atoms with Crippen molar-refractivity contribution in [2.24, 2.45) is 0 Å². The second-order valence-electron chi connectivity index (χ2n) is 4.18. The Morgan fingerprint density at radius 3 is 3.06 bits per heavy atom. The number of carbonyl (C=O) groups is 1. The van der Waals surface area contributed by atoms with Gasteiger partial charge >= 0.3 is 0 Å². The zero-order valence-electron chi connectivity index (χ0n) is 9.44. The first-order valence-corrected chi connectivity index (χ1v) is 5.55. The molecule has 2 rings (SSSR count). The molecule has 0 aliphatic carbocycles. The molecule has 1 aliphatic heterocycles. The van der Waals surface area contributed by atoms with Gasteiger partial charge in [0.2, 0.25) is 0 Å². The van der Waals surface area contributed by atoms with E-state index in [9.17, 15) is 4.79 Å². The molecule has 0 bridgehead atoms. The molecule has 0 saturated carbocycles. The van der Waals surface area contributed by atoms with E-state index >= 15 is 0 Å². The molecular formula is C12H17N3O. The van der Waals surface area contributed by atoms with Crippen molar-refractivity contribution >= 4 is 11.6 Å². The molecule has 3 N–H and O–H groups in total. The maximum absolute atomic E-state index is 12.2. The van der Waals surface area contributed by atoms with Gasteiger partial charge in [0.15, 0.2) is 0 Å². The molecule has 1 amide bonds. The SMILES string of the molecule is CC1CNCCN1C(=O)c1cccc(N)c1. The van der Waals surface area contributed by atoms with E-state index in [1.54, 1.807) is 12.1 Å². The van der Waals surface area contributed by atoms with Crippen LogP contribution in [-0.4, -0.2) is 36.5 Å². The van der Waals surface area contributed by atoms with Crippen LogP contribution in [0.2, 0.25) is 0 Å². The van der Waals surface area contributed by atoms with Crippen molar-refractivity contribution in [2.45, 2.75) is 13.0 Å². The monoisotopic (exact) mass is 219 g/mol. The molecule has 1 aromatic rings. The number of amides is 1. The number of piperazine rings is 1. The summed E-state index contributed by atoms with van der Waals surface area (Å²) < 4.78 is 0. The molecule has 1 aromatic carbocycles. The second-order valence-corrected chi connectivity index (χ2v) is 4.18. The van der Waals surface area contributed by atoms with E-state index in [4.69, 9.17) is 5.73 Å². The molecule has 4 nitrogen and oxygen atoms in total. The van der Waals surface area contributed by atoms with Crippen molar-refractivity contribution in [3.05, 3.63) is 29.8 Å². The second kappa shape index (κ2) is 4.53. The van der Waals surface area contributed by atoms with Crippen LogP contribution < -0.4 is 11.1 Å². The molecule has 0 radical (unpaired) electrons. The zero-order chi connectivity index (χ0) is 11.5. The highest BCUT2D eigenvalue weighted by Gasteiger charge is 2.23. The number of nitrogen functional groups attached to an aromatic ring is 1. The minimum absolute atomic E-state index is 0.0706. The lowest BCUT2D eigenvalue weighted by atomic mass is 10.1. The minimum Gasteiger partial charge on any atom is -0.399 e. The fraction of sp³-hybridized carbons (Fsp3) is 0.417. The molecule has 4 heteroatoms. The third-order valence-corrected chi connectivity index (χ3v) is 2.90. The number of nitrogens with two attached hydrogens (primary N) is 1. The Bertz CT molecular complexity index is 392. The molecule has 1 atom stereocenters. The summed E-state index contributed by atoms with van der Waals surface area (Å²) >= 11 is 0. The first-order valence-electron chi connectivity index (χ1n) is 5.55. The summed E-state index contributed by atoms with van der Waals surface area (Å²) in [5, 5.41) is 3.26. The normalized spacial score (nSPS) is 20.8. The Kier molecular flexibility index (Phi) is 3.10. The van der Waals surface area contributed by atoms with Gasteiger partial charge in [0.25, 0.3) is 5.91 Å². The lowest BCUT2D eigenvalue weighted by molar-refractivity contribution is 0.0656. The standard InChI is InChI=1S/C12H17N3O/c1-9-8-14-5-6-15(9)12(16)10-3-2-4-11(13)7-10/h2-4,7,9,14H,5-6,8,13H2,1H3. The third-order valence-electron chi connectivity index (χ3n) is 2.90. The molecule has 0 aromatic heterocycles. The van der Waals surface area contributed by atoms with Gasteiger partial charge in [-0.15, -0.1) is 0 Å². The maximum Gasteiger partial charge on any atom is 0.254 e. The number of benzene rings is 1. The number of anilines is 1. The Hall–Kier alpha value is -1.55. The summed E-state index contributed by atoms with van der Waals surface area (Å²) in [5.74, 6) is 0.0706. The smallest absolute Gasteiger partial charge is 0.254 e. The summed E-state index contributed by atoms with van der Waals surface area (Å²) in [6.07, 6.45) is 0. The predicted octanol–water partition coefficient (Wildman–Crippen LogP) is 0.703. The van der Waals surface area contributed by atoms with E-state index in [-0.39, 0.29) is 11.9 Å². The highest BCUT2D eigenvalue weighted by Crippen LogP contribution is 2.12. The highest BCUT2D eigenvalue weighted by atomic mass is 16.2. The highest BCUT2D eigenvalue weighted by molar-refractivity contribution is 5.95. The molecule has 16 heavy (non-hydrogen) atoms. The number of hydrogen-bond acceptors (Lipinski definition) is 3. The van der Waals surface area contributed by atoms with Crippen molar-refractivity contribution in [2.75, 3.05) is 25.4 Å². The summed E-state index contributed by atoms with van der Waals surface area (Å²) in [6.45, 7) is 4.53. The van der Waals surface area contributed by atoms with Gasteiger partial charge < -0.3 is 16.0 Å². The van der Waals surface area contributed by atoms with Gasteiger partial charge in [-0.1, -0.05) is 6.07 Å². The van der Waals surface area contributed by atoms with Crippen molar-refractivity contribution in [1.82, 2.24) is 10.2 Å². The average Bonchev–Trinajstić information content (AvgIpc) is 2.29. The number of nitrogens with zero attached hydrogens (tertiary/aromatic N) is 1. The summed E-state index contributed by atoms with van der Waals surface area (Å²) in [4.78, 5) is 14.1. The fourth-order valence-corrected chi connectivity index (χ4v) is 1.98. The van der Waals surface area contributed by atoms with Gasteiger partial charge in [-0.05, 0) is 25.1 Å². The first kappa shape index (κ1) is 11.0. The van der Waals surface area contributed by atoms with Gasteiger partial charge in [0.1, 0.15) is 0 Å². The molecule has 1 heterocycles. The van der Waals surface area contributed by atoms with Gasteiger partial charge in [0, 0.05) is 36.9 Å². The predicted molar refractivity (Wildman–Crippen MR) is 64.2 cm³/mol. The molecule has 1 aliphatic rings. The van der Waals surface area contributed by atoms with E-state index in [0.29, 0.717) is 11.3 Å². The fourth-order valence-electron chi connectivity index (χ4n) is 1.98. The van der Waals surface area contributed by atoms with Crippen LogP contribution in [0, 0.1) is 0 Å². The van der Waals surface area contributed by atoms with Crippen LogP contribution in [0.3, 0.4) is 0 Å². The van der Waals surface area contributed by atoms with Crippen LogP contribution in [0.25, 0.3) is 0 Å². The zero-order valence-corrected chi connectivity index (χ0v) is 9.44. The number of hydrogen-bond donors (Lipinski definition) is 2. The van der Waals surface area contributed by atoms with Crippen LogP contribution >= 0.6 is 0 Å². The number of carbonyl (C=O) groups excluding carboxylic acids is 1. The maximum atomic E-state index is 12.2. The van der Waals surface area contributed by atoms with Crippen LogP contribution in [0.4, 0.5) is 5.69 Å². The van der Waals surface area contributed by atoms with Crippen LogP contribution in [0.1, 0.15) is 17.3 Å². The molecule has 86 valence electrons. The quantitative estimate of drug-likeness (QED) is 0.684. The van der Waals surface area contributed by atoms with Crippen molar-refractivity contribution in [3.8, 4) is 0 Å². The Labute approximate surface area is 95.4 Å². The number of rotatable bonds is 1. The van der Waals surface area contributed by atoms with Crippen molar-refractivity contribution in [3.63, 3.8) is 0 Å². The molecular weight excluding hydrogens is 202 g/mol. The lowest BCUT2D eigenvalue weighted by Gasteiger charge is -2.34. The lowest BCUT2D eigenvalue weighted by Crippen LogP contribution is -2.52. The third kappa shape index (κ3) is 2.17. The van der Waals surface area contributed by atoms with E-state index in [1.807, 2.05) is 17.0 Å². The summed E-state index contributed by atoms with van der Waals surface area (Å²) in [5.41, 5.74) is 6.99. The average molecular weight is 219 g/mol. The van der Waals surface area contributed by atoms with Gasteiger partial charge in [-0.25, -0.2) is 0 Å². The Balaban J connectivity index is 2.17. The van der Waals surface area contributed by atoms with Crippen molar-refractivity contribution < 1.29 is 4.79 Å². The molecule has 1 saturated heterocycles. The van der Waals surface area contributed by atoms with Gasteiger partial charge in [-0.2, -0.15) is 0 Å². The van der Waals surface area contributed by atoms with E-state index < -0.39 is 0 Å². The Morgan fingerprint density at radius 1 is 1.56 bits per heavy atom. The van der Waals surface area contributed by atoms with Crippen LogP contribution in [0.15, 0.2) is 24.3 Å². The largest absolute Gasteiger partial charge is 0.399 e.